The number of allylic oxidation sites excluding steroid dienone is 2. The second-order valence-electron chi connectivity index (χ2n) is 7.40. The first-order valence-electron chi connectivity index (χ1n) is 9.52. The maximum Gasteiger partial charge on any atom is 0.244 e. The van der Waals surface area contributed by atoms with Crippen molar-refractivity contribution in [2.45, 2.75) is 26.4 Å². The van der Waals surface area contributed by atoms with Gasteiger partial charge in [0.05, 0.1) is 22.8 Å². The van der Waals surface area contributed by atoms with E-state index in [4.69, 9.17) is 11.1 Å². The topological polar surface area (TPSA) is 103 Å². The molecule has 2 aliphatic heterocycles. The van der Waals surface area contributed by atoms with Crippen LogP contribution in [0.3, 0.4) is 0 Å². The van der Waals surface area contributed by atoms with Crippen LogP contribution in [-0.2, 0) is 0 Å². The summed E-state index contributed by atoms with van der Waals surface area (Å²) >= 11 is 0. The molecule has 2 aromatic rings. The molecule has 1 atom stereocenters. The number of hydrogen-bond acceptors (Lipinski definition) is 5. The van der Waals surface area contributed by atoms with E-state index in [0.717, 1.165) is 28.3 Å². The van der Waals surface area contributed by atoms with Gasteiger partial charge in [-0.1, -0.05) is 12.1 Å². The molecular weight excluding hydrogens is 362 g/mol. The van der Waals surface area contributed by atoms with Crippen molar-refractivity contribution in [3.8, 4) is 0 Å². The molecule has 29 heavy (non-hydrogen) atoms. The Bertz CT molecular complexity index is 1160. The Morgan fingerprint density at radius 2 is 2.00 bits per heavy atom. The van der Waals surface area contributed by atoms with Crippen molar-refractivity contribution < 1.29 is 0 Å². The van der Waals surface area contributed by atoms with Crippen LogP contribution in [0, 0.1) is 19.3 Å². The van der Waals surface area contributed by atoms with Crippen molar-refractivity contribution in [3.63, 3.8) is 0 Å². The number of rotatable bonds is 2. The van der Waals surface area contributed by atoms with Crippen molar-refractivity contribution in [3.05, 3.63) is 76.8 Å². The molecule has 0 saturated carbocycles. The Morgan fingerprint density at radius 1 is 1.17 bits per heavy atom. The van der Waals surface area contributed by atoms with Gasteiger partial charge in [0.2, 0.25) is 5.96 Å². The predicted octanol–water partition coefficient (Wildman–Crippen LogP) is 3.59. The molecule has 1 aliphatic carbocycles. The number of amidine groups is 1. The average Bonchev–Trinajstić information content (AvgIpc) is 3.06. The minimum Gasteiger partial charge on any atom is -0.383 e. The molecule has 7 heteroatoms. The normalized spacial score (nSPS) is 20.1. The van der Waals surface area contributed by atoms with Gasteiger partial charge in [-0.2, -0.15) is 4.99 Å². The van der Waals surface area contributed by atoms with Crippen molar-refractivity contribution in [2.24, 2.45) is 15.7 Å². The van der Waals surface area contributed by atoms with Crippen LogP contribution < -0.4 is 16.0 Å². The smallest absolute Gasteiger partial charge is 0.244 e. The molecule has 0 spiro atoms. The molecule has 4 N–H and O–H groups in total. The fourth-order valence-corrected chi connectivity index (χ4v) is 3.95. The van der Waals surface area contributed by atoms with Crippen LogP contribution in [0.15, 0.2) is 69.9 Å². The van der Waals surface area contributed by atoms with Gasteiger partial charge >= 0.3 is 0 Å². The summed E-state index contributed by atoms with van der Waals surface area (Å²) in [6, 6.07) is 10.3. The lowest BCUT2D eigenvalue weighted by Gasteiger charge is -2.31. The summed E-state index contributed by atoms with van der Waals surface area (Å²) in [5.74, 6) is 0.280. The largest absolute Gasteiger partial charge is 0.383 e. The van der Waals surface area contributed by atoms with E-state index in [0.29, 0.717) is 18.0 Å². The monoisotopic (exact) mass is 383 g/mol. The first kappa shape index (κ1) is 17.4. The number of anilines is 2. The maximum atomic E-state index is 7.81. The molecule has 0 fully saturated rings. The van der Waals surface area contributed by atoms with Crippen molar-refractivity contribution in [1.82, 2.24) is 4.98 Å². The quantitative estimate of drug-likeness (QED) is 0.737. The van der Waals surface area contributed by atoms with Crippen molar-refractivity contribution >= 4 is 28.9 Å². The highest BCUT2D eigenvalue weighted by Gasteiger charge is 2.35. The van der Waals surface area contributed by atoms with Crippen LogP contribution >= 0.6 is 0 Å². The summed E-state index contributed by atoms with van der Waals surface area (Å²) in [4.78, 5) is 15.1. The van der Waals surface area contributed by atoms with E-state index in [1.54, 1.807) is 0 Å². The zero-order valence-corrected chi connectivity index (χ0v) is 16.3. The molecule has 0 radical (unpaired) electrons. The summed E-state index contributed by atoms with van der Waals surface area (Å²) in [7, 11) is 0. The Morgan fingerprint density at radius 3 is 2.79 bits per heavy atom. The van der Waals surface area contributed by atoms with E-state index in [2.05, 4.69) is 51.2 Å². The van der Waals surface area contributed by atoms with Crippen LogP contribution in [0.2, 0.25) is 0 Å². The molecule has 3 heterocycles. The minimum absolute atomic E-state index is 0.0696. The molecular formula is C22H21N7. The van der Waals surface area contributed by atoms with Gasteiger partial charge in [-0.25, -0.2) is 4.99 Å². The highest BCUT2D eigenvalue weighted by atomic mass is 15.3. The minimum atomic E-state index is -0.122. The third-order valence-corrected chi connectivity index (χ3v) is 5.52. The lowest BCUT2D eigenvalue weighted by molar-refractivity contribution is 0.749. The molecule has 3 aliphatic rings. The fourth-order valence-electron chi connectivity index (χ4n) is 3.95. The van der Waals surface area contributed by atoms with E-state index >= 15 is 0 Å². The number of benzene rings is 1. The lowest BCUT2D eigenvalue weighted by Crippen LogP contribution is -2.32. The molecule has 0 saturated heterocycles. The first-order valence-corrected chi connectivity index (χ1v) is 9.52. The Balaban J connectivity index is 1.63. The van der Waals surface area contributed by atoms with Gasteiger partial charge in [0.25, 0.3) is 0 Å². The highest BCUT2D eigenvalue weighted by Crippen LogP contribution is 2.45. The Hall–Kier alpha value is -3.74. The van der Waals surface area contributed by atoms with Crippen LogP contribution in [0.4, 0.5) is 11.4 Å². The molecule has 0 bridgehead atoms. The van der Waals surface area contributed by atoms with Crippen LogP contribution in [0.1, 0.15) is 29.4 Å². The summed E-state index contributed by atoms with van der Waals surface area (Å²) in [5.41, 5.74) is 14.2. The average molecular weight is 383 g/mol. The highest BCUT2D eigenvalue weighted by molar-refractivity contribution is 6.33. The van der Waals surface area contributed by atoms with Gasteiger partial charge in [0.1, 0.15) is 12.0 Å². The van der Waals surface area contributed by atoms with Gasteiger partial charge in [-0.15, -0.1) is 0 Å². The summed E-state index contributed by atoms with van der Waals surface area (Å²) in [5, 5.41) is 11.4. The van der Waals surface area contributed by atoms with Gasteiger partial charge in [0.15, 0.2) is 0 Å². The van der Waals surface area contributed by atoms with Crippen molar-refractivity contribution in [1.29, 1.82) is 5.41 Å². The van der Waals surface area contributed by atoms with E-state index in [9.17, 15) is 0 Å². The number of nitrogens with one attached hydrogen (secondary N) is 2. The molecule has 1 unspecified atom stereocenters. The molecule has 1 aromatic carbocycles. The zero-order chi connectivity index (χ0) is 20.1. The number of nitrogens with zero attached hydrogens (tertiary/aromatic N) is 4. The predicted molar refractivity (Wildman–Crippen MR) is 117 cm³/mol. The number of fused-ring (bicyclic) bond motifs is 2. The zero-order valence-electron chi connectivity index (χ0n) is 16.3. The fraction of sp³-hybridized carbons (Fsp3) is 0.182. The molecule has 7 nitrogen and oxygen atoms in total. The maximum absolute atomic E-state index is 7.81. The second-order valence-corrected chi connectivity index (χ2v) is 7.40. The summed E-state index contributed by atoms with van der Waals surface area (Å²) < 4.78 is 0. The number of hydrogen-bond donors (Lipinski definition) is 3. The molecule has 5 rings (SSSR count). The third kappa shape index (κ3) is 2.82. The van der Waals surface area contributed by atoms with E-state index < -0.39 is 0 Å². The van der Waals surface area contributed by atoms with E-state index in [1.165, 1.54) is 11.1 Å². The van der Waals surface area contributed by atoms with Gasteiger partial charge in [-0.05, 0) is 55.3 Å². The van der Waals surface area contributed by atoms with Crippen LogP contribution in [0.25, 0.3) is 0 Å². The third-order valence-electron chi connectivity index (χ3n) is 5.52. The van der Waals surface area contributed by atoms with Crippen LogP contribution in [0.5, 0.6) is 0 Å². The number of aryl methyl sites for hydroxylation is 2. The second kappa shape index (κ2) is 6.41. The van der Waals surface area contributed by atoms with E-state index in [1.807, 2.05) is 36.5 Å². The number of pyridine rings is 1. The molecule has 0 amide bonds. The standard InChI is InChI=1S/C22H21N7/c1-12-9-18-19(10-13(12)2)29(21(26-18)16-5-3-4-8-25-16)14-6-7-15-17(11-14)27-22(24)28-20(15)23/h3-5,7-11,21,26H,6H2,1-2H3,(H3,23,24,28). The lowest BCUT2D eigenvalue weighted by atomic mass is 9.98. The number of aliphatic imine (C=N–C) groups is 2. The number of guanidine groups is 1. The van der Waals surface area contributed by atoms with E-state index in [-0.39, 0.29) is 12.1 Å². The Kier molecular flexibility index (Phi) is 3.84. The first-order chi connectivity index (χ1) is 14.0. The molecule has 144 valence electrons. The Labute approximate surface area is 168 Å². The van der Waals surface area contributed by atoms with Gasteiger partial charge in [0, 0.05) is 23.9 Å². The van der Waals surface area contributed by atoms with Crippen molar-refractivity contribution in [2.75, 3.05) is 10.2 Å². The summed E-state index contributed by atoms with van der Waals surface area (Å²) in [6.45, 7) is 4.24. The molecule has 1 aromatic heterocycles. The van der Waals surface area contributed by atoms with Gasteiger partial charge in [-0.3, -0.25) is 10.4 Å². The SMILES string of the molecule is Cc1cc2c(cc1C)N(C1=CC3=NC(=N)N=C(N)C3=CC1)C(c1ccccn1)N2. The summed E-state index contributed by atoms with van der Waals surface area (Å²) in [6.07, 6.45) is 6.42. The van der Waals surface area contributed by atoms with Crippen LogP contribution in [-0.4, -0.2) is 22.5 Å². The number of aromatic nitrogens is 1. The number of nitrogens with two attached hydrogens (primary N) is 1. The van der Waals surface area contributed by atoms with Gasteiger partial charge < -0.3 is 16.0 Å².